The first-order valence-electron chi connectivity index (χ1n) is 7.14. The van der Waals surface area contributed by atoms with Crippen LogP contribution in [0.15, 0.2) is 36.9 Å². The number of nitrogens with zero attached hydrogens (tertiary/aromatic N) is 1. The van der Waals surface area contributed by atoms with Gasteiger partial charge in [-0.15, -0.1) is 6.58 Å². The van der Waals surface area contributed by atoms with Gasteiger partial charge in [-0.2, -0.15) is 13.2 Å². The van der Waals surface area contributed by atoms with Crippen molar-refractivity contribution in [1.82, 2.24) is 10.2 Å². The third-order valence-corrected chi connectivity index (χ3v) is 3.59. The summed E-state index contributed by atoms with van der Waals surface area (Å²) in [6.45, 7) is 3.53. The smallest absolute Gasteiger partial charge is 0.351 e. The third kappa shape index (κ3) is 4.34. The lowest BCUT2D eigenvalue weighted by Gasteiger charge is -2.20. The summed E-state index contributed by atoms with van der Waals surface area (Å²) in [6, 6.07) is 4.80. The molecule has 2 amide bonds. The molecule has 0 radical (unpaired) electrons. The van der Waals surface area contributed by atoms with E-state index >= 15 is 0 Å². The number of likely N-dealkylation sites (tertiary alicyclic amines) is 1. The highest BCUT2D eigenvalue weighted by atomic mass is 19.4. The van der Waals surface area contributed by atoms with Crippen LogP contribution < -0.4 is 5.32 Å². The number of hydrogen-bond acceptors (Lipinski definition) is 2. The Kier molecular flexibility index (Phi) is 5.08. The van der Waals surface area contributed by atoms with Crippen LogP contribution in [0, 0.1) is 0 Å². The summed E-state index contributed by atoms with van der Waals surface area (Å²) in [5.41, 5.74) is -0.696. The van der Waals surface area contributed by atoms with Crippen LogP contribution in [0.25, 0.3) is 0 Å². The molecule has 1 unspecified atom stereocenters. The van der Waals surface area contributed by atoms with E-state index in [4.69, 9.17) is 0 Å². The van der Waals surface area contributed by atoms with Gasteiger partial charge in [-0.25, -0.2) is 0 Å². The largest absolute Gasteiger partial charge is 0.416 e. The molecule has 23 heavy (non-hydrogen) atoms. The zero-order chi connectivity index (χ0) is 17.0. The highest BCUT2D eigenvalue weighted by Gasteiger charge is 2.35. The molecule has 0 aliphatic carbocycles. The Bertz CT molecular complexity index is 614. The van der Waals surface area contributed by atoms with E-state index in [0.29, 0.717) is 0 Å². The molecule has 0 aromatic heterocycles. The van der Waals surface area contributed by atoms with Gasteiger partial charge in [0.1, 0.15) is 0 Å². The predicted molar refractivity (Wildman–Crippen MR) is 78.2 cm³/mol. The van der Waals surface area contributed by atoms with Crippen LogP contribution in [-0.4, -0.2) is 29.3 Å². The Morgan fingerprint density at radius 2 is 2.09 bits per heavy atom. The second-order valence-electron chi connectivity index (χ2n) is 5.39. The van der Waals surface area contributed by atoms with Crippen molar-refractivity contribution in [2.24, 2.45) is 0 Å². The maximum absolute atomic E-state index is 13.0. The Balaban J connectivity index is 2.06. The van der Waals surface area contributed by atoms with E-state index in [1.165, 1.54) is 29.2 Å². The number of carbonyl (C=O) groups is 2. The number of carbonyl (C=O) groups excluding carboxylic acids is 2. The molecule has 1 aromatic rings. The number of amides is 2. The van der Waals surface area contributed by atoms with E-state index in [2.05, 4.69) is 11.9 Å². The molecule has 0 saturated carbocycles. The van der Waals surface area contributed by atoms with E-state index in [1.54, 1.807) is 0 Å². The van der Waals surface area contributed by atoms with Gasteiger partial charge in [0.2, 0.25) is 11.8 Å². The van der Waals surface area contributed by atoms with Gasteiger partial charge in [0.15, 0.2) is 0 Å². The van der Waals surface area contributed by atoms with Gasteiger partial charge >= 0.3 is 6.18 Å². The van der Waals surface area contributed by atoms with Crippen LogP contribution in [0.4, 0.5) is 13.2 Å². The third-order valence-electron chi connectivity index (χ3n) is 3.59. The number of halogens is 3. The maximum Gasteiger partial charge on any atom is 0.416 e. The molecule has 1 heterocycles. The first-order valence-corrected chi connectivity index (χ1v) is 7.14. The molecule has 1 atom stereocenters. The Morgan fingerprint density at radius 1 is 1.39 bits per heavy atom. The zero-order valence-corrected chi connectivity index (χ0v) is 12.4. The van der Waals surface area contributed by atoms with Crippen molar-refractivity contribution in [2.45, 2.75) is 31.6 Å². The molecular weight excluding hydrogens is 309 g/mol. The summed E-state index contributed by atoms with van der Waals surface area (Å²) in [4.78, 5) is 24.8. The van der Waals surface area contributed by atoms with Crippen LogP contribution in [0.1, 0.15) is 24.0 Å². The number of benzene rings is 1. The average molecular weight is 326 g/mol. The minimum atomic E-state index is -4.46. The second kappa shape index (κ2) is 6.85. The first kappa shape index (κ1) is 17.1. The summed E-state index contributed by atoms with van der Waals surface area (Å²) < 4.78 is 38.9. The van der Waals surface area contributed by atoms with Crippen molar-refractivity contribution in [3.05, 3.63) is 48.0 Å². The van der Waals surface area contributed by atoms with Crippen LogP contribution in [0.3, 0.4) is 0 Å². The fraction of sp³-hybridized carbons (Fsp3) is 0.375. The van der Waals surface area contributed by atoms with Gasteiger partial charge in [-0.3, -0.25) is 9.59 Å². The van der Waals surface area contributed by atoms with Crippen molar-refractivity contribution in [3.8, 4) is 0 Å². The lowest BCUT2D eigenvalue weighted by atomic mass is 10.1. The van der Waals surface area contributed by atoms with E-state index in [9.17, 15) is 22.8 Å². The Hall–Kier alpha value is -2.31. The molecule has 1 aliphatic rings. The van der Waals surface area contributed by atoms with Gasteiger partial charge in [-0.05, 0) is 11.6 Å². The monoisotopic (exact) mass is 326 g/mol. The van der Waals surface area contributed by atoms with Crippen LogP contribution >= 0.6 is 0 Å². The summed E-state index contributed by atoms with van der Waals surface area (Å²) >= 11 is 0. The molecule has 124 valence electrons. The minimum absolute atomic E-state index is 0.0476. The lowest BCUT2D eigenvalue weighted by Crippen LogP contribution is -2.36. The molecule has 0 bridgehead atoms. The number of rotatable bonds is 5. The molecule has 1 N–H and O–H groups in total. The zero-order valence-electron chi connectivity index (χ0n) is 12.4. The fourth-order valence-electron chi connectivity index (χ4n) is 2.58. The normalized spacial score (nSPS) is 18.1. The predicted octanol–water partition coefficient (Wildman–Crippen LogP) is 2.50. The molecule has 2 rings (SSSR count). The molecule has 7 heteroatoms. The maximum atomic E-state index is 13.0. The van der Waals surface area contributed by atoms with Gasteiger partial charge in [-0.1, -0.05) is 24.3 Å². The van der Waals surface area contributed by atoms with Gasteiger partial charge in [0.25, 0.3) is 0 Å². The minimum Gasteiger partial charge on any atom is -0.351 e. The molecule has 1 saturated heterocycles. The summed E-state index contributed by atoms with van der Waals surface area (Å²) in [7, 11) is 0. The standard InChI is InChI=1S/C16H17F3N2O2/c1-2-5-14(22)20-12-8-15(23)21(10-12)9-11-6-3-4-7-13(11)16(17,18)19/h2-4,6-7,12H,1,5,8-10H2,(H,20,22). The Labute approximate surface area is 132 Å². The molecule has 1 aliphatic heterocycles. The van der Waals surface area contributed by atoms with Crippen LogP contribution in [0.5, 0.6) is 0 Å². The van der Waals surface area contributed by atoms with E-state index < -0.39 is 11.7 Å². The van der Waals surface area contributed by atoms with E-state index in [0.717, 1.165) is 6.07 Å². The summed E-state index contributed by atoms with van der Waals surface area (Å²) in [6.07, 6.45) is -2.78. The number of nitrogens with one attached hydrogen (secondary N) is 1. The highest BCUT2D eigenvalue weighted by Crippen LogP contribution is 2.32. The van der Waals surface area contributed by atoms with E-state index in [-0.39, 0.29) is 49.4 Å². The van der Waals surface area contributed by atoms with E-state index in [1.807, 2.05) is 0 Å². The van der Waals surface area contributed by atoms with Crippen molar-refractivity contribution in [2.75, 3.05) is 6.54 Å². The first-order chi connectivity index (χ1) is 10.8. The van der Waals surface area contributed by atoms with Crippen LogP contribution in [0.2, 0.25) is 0 Å². The van der Waals surface area contributed by atoms with Crippen molar-refractivity contribution in [3.63, 3.8) is 0 Å². The summed E-state index contributed by atoms with van der Waals surface area (Å²) in [5.74, 6) is -0.527. The number of hydrogen-bond donors (Lipinski definition) is 1. The fourth-order valence-corrected chi connectivity index (χ4v) is 2.58. The molecule has 4 nitrogen and oxygen atoms in total. The second-order valence-corrected chi connectivity index (χ2v) is 5.39. The molecule has 0 spiro atoms. The van der Waals surface area contributed by atoms with Crippen molar-refractivity contribution < 1.29 is 22.8 Å². The average Bonchev–Trinajstić information content (AvgIpc) is 2.78. The van der Waals surface area contributed by atoms with Gasteiger partial charge < -0.3 is 10.2 Å². The SMILES string of the molecule is C=CCC(=O)NC1CC(=O)N(Cc2ccccc2C(F)(F)F)C1. The number of alkyl halides is 3. The lowest BCUT2D eigenvalue weighted by molar-refractivity contribution is -0.139. The van der Waals surface area contributed by atoms with Crippen molar-refractivity contribution >= 4 is 11.8 Å². The Morgan fingerprint density at radius 3 is 2.74 bits per heavy atom. The molecule has 1 fully saturated rings. The van der Waals surface area contributed by atoms with Crippen molar-refractivity contribution in [1.29, 1.82) is 0 Å². The van der Waals surface area contributed by atoms with Crippen LogP contribution in [-0.2, 0) is 22.3 Å². The molecular formula is C16H17F3N2O2. The van der Waals surface area contributed by atoms with Gasteiger partial charge in [0, 0.05) is 25.9 Å². The molecule has 1 aromatic carbocycles. The van der Waals surface area contributed by atoms with Gasteiger partial charge in [0.05, 0.1) is 11.6 Å². The summed E-state index contributed by atoms with van der Waals surface area (Å²) in [5, 5.41) is 2.68. The topological polar surface area (TPSA) is 49.4 Å². The quantitative estimate of drug-likeness (QED) is 0.845. The highest BCUT2D eigenvalue weighted by molar-refractivity contribution is 5.82.